The van der Waals surface area contributed by atoms with Crippen LogP contribution in [-0.4, -0.2) is 43.4 Å². The lowest BCUT2D eigenvalue weighted by atomic mass is 10.1. The van der Waals surface area contributed by atoms with Crippen LogP contribution in [0.1, 0.15) is 25.5 Å². The molecule has 4 nitrogen and oxygen atoms in total. The molecule has 0 fully saturated rings. The van der Waals surface area contributed by atoms with Gasteiger partial charge >= 0.3 is 0 Å². The molecule has 0 radical (unpaired) electrons. The smallest absolute Gasteiger partial charge is 0.127 e. The maximum Gasteiger partial charge on any atom is 0.127 e. The fourth-order valence-corrected chi connectivity index (χ4v) is 2.54. The minimum Gasteiger partial charge on any atom is -0.508 e. The second-order valence-electron chi connectivity index (χ2n) is 5.43. The summed E-state index contributed by atoms with van der Waals surface area (Å²) >= 11 is 0. The number of benzene rings is 1. The van der Waals surface area contributed by atoms with E-state index < -0.39 is 0 Å². The summed E-state index contributed by atoms with van der Waals surface area (Å²) in [5.74, 6) is 1.65. The second kappa shape index (κ2) is 6.26. The number of hydrogen-bond donors (Lipinski definition) is 1. The predicted molar refractivity (Wildman–Crippen MR) is 74.6 cm³/mol. The number of nitrogens with zero attached hydrogens (tertiary/aromatic N) is 1. The largest absolute Gasteiger partial charge is 0.508 e. The zero-order chi connectivity index (χ0) is 13.8. The molecule has 1 aliphatic rings. The van der Waals surface area contributed by atoms with Gasteiger partial charge in [-0.1, -0.05) is 13.8 Å². The Kier molecular flexibility index (Phi) is 4.66. The van der Waals surface area contributed by atoms with E-state index in [9.17, 15) is 5.11 Å². The summed E-state index contributed by atoms with van der Waals surface area (Å²) in [5, 5.41) is 9.49. The highest BCUT2D eigenvalue weighted by molar-refractivity contribution is 5.44. The molecule has 0 amide bonds. The Balaban J connectivity index is 2.15. The highest BCUT2D eigenvalue weighted by atomic mass is 16.5. The fourth-order valence-electron chi connectivity index (χ4n) is 2.54. The van der Waals surface area contributed by atoms with E-state index in [1.165, 1.54) is 0 Å². The Bertz CT molecular complexity index is 420. The molecule has 0 spiro atoms. The molecule has 1 unspecified atom stereocenters. The van der Waals surface area contributed by atoms with Crippen molar-refractivity contribution in [3.63, 3.8) is 0 Å². The molecule has 0 aliphatic carbocycles. The van der Waals surface area contributed by atoms with Crippen LogP contribution >= 0.6 is 0 Å². The van der Waals surface area contributed by atoms with Crippen molar-refractivity contribution in [2.24, 2.45) is 5.92 Å². The highest BCUT2D eigenvalue weighted by Crippen LogP contribution is 2.38. The van der Waals surface area contributed by atoms with Gasteiger partial charge in [0.2, 0.25) is 0 Å². The normalized spacial score (nSPS) is 17.8. The van der Waals surface area contributed by atoms with Crippen molar-refractivity contribution in [2.75, 3.05) is 33.4 Å². The molecule has 0 bridgehead atoms. The zero-order valence-electron chi connectivity index (χ0n) is 11.9. The maximum absolute atomic E-state index is 9.49. The molecule has 1 atom stereocenters. The van der Waals surface area contributed by atoms with Gasteiger partial charge in [-0.3, -0.25) is 4.90 Å². The van der Waals surface area contributed by atoms with Gasteiger partial charge in [0, 0.05) is 31.8 Å². The fraction of sp³-hybridized carbons (Fsp3) is 0.600. The summed E-state index contributed by atoms with van der Waals surface area (Å²) in [7, 11) is 1.73. The molecule has 0 saturated carbocycles. The van der Waals surface area contributed by atoms with Crippen LogP contribution in [0.3, 0.4) is 0 Å². The number of hydrogen-bond acceptors (Lipinski definition) is 4. The molecule has 2 rings (SSSR count). The minimum atomic E-state index is 0.256. The Morgan fingerprint density at radius 1 is 1.47 bits per heavy atom. The molecule has 1 heterocycles. The van der Waals surface area contributed by atoms with Crippen LogP contribution in [0.2, 0.25) is 0 Å². The Morgan fingerprint density at radius 3 is 2.95 bits per heavy atom. The van der Waals surface area contributed by atoms with Crippen LogP contribution in [0, 0.1) is 5.92 Å². The number of methoxy groups -OCH3 is 1. The van der Waals surface area contributed by atoms with Gasteiger partial charge in [-0.15, -0.1) is 0 Å². The van der Waals surface area contributed by atoms with Gasteiger partial charge in [0.1, 0.15) is 18.1 Å². The van der Waals surface area contributed by atoms with Crippen LogP contribution in [0.5, 0.6) is 11.5 Å². The Hall–Kier alpha value is -1.26. The van der Waals surface area contributed by atoms with E-state index in [0.717, 1.165) is 31.0 Å². The molecule has 106 valence electrons. The van der Waals surface area contributed by atoms with Crippen LogP contribution < -0.4 is 4.74 Å². The summed E-state index contributed by atoms with van der Waals surface area (Å²) in [6.07, 6.45) is 0. The number of aromatic hydroxyl groups is 1. The van der Waals surface area contributed by atoms with Crippen LogP contribution in [0.25, 0.3) is 0 Å². The van der Waals surface area contributed by atoms with Crippen LogP contribution in [0.15, 0.2) is 18.2 Å². The number of phenols is 1. The van der Waals surface area contributed by atoms with Crippen molar-refractivity contribution in [1.29, 1.82) is 0 Å². The average Bonchev–Trinajstić information content (AvgIpc) is 2.76. The first-order chi connectivity index (χ1) is 9.11. The van der Waals surface area contributed by atoms with E-state index in [4.69, 9.17) is 9.47 Å². The number of phenolic OH excluding ortho intramolecular Hbond substituents is 1. The molecule has 0 aromatic heterocycles. The zero-order valence-corrected chi connectivity index (χ0v) is 11.9. The topological polar surface area (TPSA) is 41.9 Å². The summed E-state index contributed by atoms with van der Waals surface area (Å²) in [4.78, 5) is 2.40. The van der Waals surface area contributed by atoms with Gasteiger partial charge in [-0.2, -0.15) is 0 Å². The van der Waals surface area contributed by atoms with E-state index in [2.05, 4.69) is 18.7 Å². The molecule has 1 aromatic rings. The first-order valence-electron chi connectivity index (χ1n) is 6.80. The lowest BCUT2D eigenvalue weighted by molar-refractivity contribution is 0.0981. The van der Waals surface area contributed by atoms with E-state index >= 15 is 0 Å². The van der Waals surface area contributed by atoms with Gasteiger partial charge in [0.15, 0.2) is 0 Å². The first kappa shape index (κ1) is 14.2. The van der Waals surface area contributed by atoms with Crippen LogP contribution in [0.4, 0.5) is 0 Å². The quantitative estimate of drug-likeness (QED) is 0.858. The number of fused-ring (bicyclic) bond motifs is 1. The highest BCUT2D eigenvalue weighted by Gasteiger charge is 2.29. The third-order valence-corrected chi connectivity index (χ3v) is 3.38. The van der Waals surface area contributed by atoms with Crippen molar-refractivity contribution in [1.82, 2.24) is 4.90 Å². The Labute approximate surface area is 114 Å². The van der Waals surface area contributed by atoms with Crippen LogP contribution in [-0.2, 0) is 4.74 Å². The van der Waals surface area contributed by atoms with E-state index in [1.807, 2.05) is 6.07 Å². The summed E-state index contributed by atoms with van der Waals surface area (Å²) in [6, 6.07) is 5.64. The van der Waals surface area contributed by atoms with Gasteiger partial charge < -0.3 is 14.6 Å². The molecule has 0 saturated heterocycles. The van der Waals surface area contributed by atoms with E-state index in [1.54, 1.807) is 19.2 Å². The number of ether oxygens (including phenoxy) is 2. The van der Waals surface area contributed by atoms with Crippen molar-refractivity contribution in [3.05, 3.63) is 23.8 Å². The van der Waals surface area contributed by atoms with Crippen molar-refractivity contribution in [2.45, 2.75) is 19.9 Å². The lowest BCUT2D eigenvalue weighted by Crippen LogP contribution is -2.35. The summed E-state index contributed by atoms with van der Waals surface area (Å²) < 4.78 is 10.9. The SMILES string of the molecule is COCCN(CC(C)C)C1COc2cc(O)ccc21. The van der Waals surface area contributed by atoms with Gasteiger partial charge in [-0.05, 0) is 18.1 Å². The molecule has 1 aliphatic heterocycles. The van der Waals surface area contributed by atoms with Gasteiger partial charge in [0.25, 0.3) is 0 Å². The first-order valence-corrected chi connectivity index (χ1v) is 6.80. The minimum absolute atomic E-state index is 0.256. The van der Waals surface area contributed by atoms with Crippen molar-refractivity contribution >= 4 is 0 Å². The third-order valence-electron chi connectivity index (χ3n) is 3.38. The maximum atomic E-state index is 9.49. The van der Waals surface area contributed by atoms with Gasteiger partial charge in [-0.25, -0.2) is 0 Å². The average molecular weight is 265 g/mol. The molecular weight excluding hydrogens is 242 g/mol. The predicted octanol–water partition coefficient (Wildman–Crippen LogP) is 2.43. The van der Waals surface area contributed by atoms with E-state index in [-0.39, 0.29) is 11.8 Å². The summed E-state index contributed by atoms with van der Waals surface area (Å²) in [5.41, 5.74) is 1.16. The number of rotatable bonds is 6. The van der Waals surface area contributed by atoms with Crippen molar-refractivity contribution < 1.29 is 14.6 Å². The lowest BCUT2D eigenvalue weighted by Gasteiger charge is -2.29. The molecule has 19 heavy (non-hydrogen) atoms. The molecule has 1 N–H and O–H groups in total. The molecule has 4 heteroatoms. The Morgan fingerprint density at radius 2 is 2.26 bits per heavy atom. The third kappa shape index (κ3) is 3.39. The summed E-state index contributed by atoms with van der Waals surface area (Å²) in [6.45, 7) is 7.70. The van der Waals surface area contributed by atoms with E-state index in [0.29, 0.717) is 12.5 Å². The standard InChI is InChI=1S/C15H23NO3/c1-11(2)9-16(6-7-18-3)14-10-19-15-8-12(17)4-5-13(14)15/h4-5,8,11,14,17H,6-7,9-10H2,1-3H3. The molecular formula is C15H23NO3. The van der Waals surface area contributed by atoms with Gasteiger partial charge in [0.05, 0.1) is 12.6 Å². The second-order valence-corrected chi connectivity index (χ2v) is 5.43. The monoisotopic (exact) mass is 265 g/mol. The molecule has 1 aromatic carbocycles. The van der Waals surface area contributed by atoms with Crippen molar-refractivity contribution in [3.8, 4) is 11.5 Å².